The summed E-state index contributed by atoms with van der Waals surface area (Å²) in [5.41, 5.74) is 8.75. The molecule has 0 aliphatic rings. The van der Waals surface area contributed by atoms with Gasteiger partial charge in [-0.1, -0.05) is 12.1 Å². The number of aromatic nitrogens is 3. The molecule has 0 amide bonds. The van der Waals surface area contributed by atoms with Crippen LogP contribution in [-0.4, -0.2) is 15.0 Å². The maximum atomic E-state index is 12.5. The number of para-hydroxylation sites is 1. The van der Waals surface area contributed by atoms with Gasteiger partial charge in [0.15, 0.2) is 11.4 Å². The second kappa shape index (κ2) is 4.35. The Labute approximate surface area is 123 Å². The molecule has 0 unspecified atom stereocenters. The minimum Gasteiger partial charge on any atom is -0.369 e. The molecule has 4 N–H and O–H groups in total. The van der Waals surface area contributed by atoms with Crippen molar-refractivity contribution in [3.8, 4) is 0 Å². The molecule has 0 fully saturated rings. The summed E-state index contributed by atoms with van der Waals surface area (Å²) in [6.07, 6.45) is 0. The summed E-state index contributed by atoms with van der Waals surface area (Å²) in [4.78, 5) is 22.8. The fourth-order valence-electron chi connectivity index (χ4n) is 2.45. The zero-order valence-corrected chi connectivity index (χ0v) is 12.0. The van der Waals surface area contributed by atoms with Crippen LogP contribution in [0.1, 0.15) is 0 Å². The Hall–Kier alpha value is -2.34. The van der Waals surface area contributed by atoms with Gasteiger partial charge < -0.3 is 15.7 Å². The van der Waals surface area contributed by atoms with E-state index in [0.717, 1.165) is 22.1 Å². The molecule has 2 aromatic heterocycles. The number of nitrogens with one attached hydrogen (secondary N) is 2. The van der Waals surface area contributed by atoms with E-state index in [2.05, 4.69) is 15.0 Å². The maximum absolute atomic E-state index is 12.5. The zero-order valence-electron chi connectivity index (χ0n) is 10.3. The van der Waals surface area contributed by atoms with Crippen molar-refractivity contribution in [1.29, 1.82) is 0 Å². The first-order valence-corrected chi connectivity index (χ1v) is 5.92. The molecule has 0 saturated carbocycles. The van der Waals surface area contributed by atoms with Gasteiger partial charge in [-0.2, -0.15) is 0 Å². The van der Waals surface area contributed by atoms with Crippen molar-refractivity contribution in [2.75, 3.05) is 5.73 Å². The molecule has 0 radical (unpaired) electrons. The number of aromatic amines is 2. The lowest BCUT2D eigenvalue weighted by atomic mass is 10.1. The number of anilines is 1. The average molecular weight is 331 g/mol. The minimum absolute atomic E-state index is 0. The van der Waals surface area contributed by atoms with Crippen molar-refractivity contribution in [3.05, 3.63) is 46.6 Å². The Morgan fingerprint density at radius 2 is 1.75 bits per heavy atom. The molecule has 100 valence electrons. The fourth-order valence-corrected chi connectivity index (χ4v) is 2.45. The number of pyridine rings is 1. The number of nitrogens with zero attached hydrogens (tertiary/aromatic N) is 1. The summed E-state index contributed by atoms with van der Waals surface area (Å²) in [6.45, 7) is 0. The van der Waals surface area contributed by atoms with Gasteiger partial charge in [0.2, 0.25) is 0 Å². The van der Waals surface area contributed by atoms with E-state index in [1.165, 1.54) is 0 Å². The molecule has 2 heterocycles. The number of H-pyrrole nitrogens is 2. The molecule has 0 aliphatic carbocycles. The van der Waals surface area contributed by atoms with E-state index in [0.29, 0.717) is 16.7 Å². The van der Waals surface area contributed by atoms with Crippen LogP contribution in [0.4, 0.5) is 5.95 Å². The van der Waals surface area contributed by atoms with Crippen molar-refractivity contribution in [2.45, 2.75) is 0 Å². The topological polar surface area (TPSA) is 87.6 Å². The molecule has 0 atom stereocenters. The third-order valence-corrected chi connectivity index (χ3v) is 3.33. The molecule has 0 spiro atoms. The van der Waals surface area contributed by atoms with Gasteiger partial charge in [-0.15, -0.1) is 17.0 Å². The largest absolute Gasteiger partial charge is 0.369 e. The average Bonchev–Trinajstić information content (AvgIpc) is 2.76. The monoisotopic (exact) mass is 330 g/mol. The predicted molar refractivity (Wildman–Crippen MR) is 86.5 cm³/mol. The SMILES string of the molecule is Br.Nc1nc2cc3[nH]c4ccccc4c(=O)c3cc2[nH]1. The lowest BCUT2D eigenvalue weighted by Crippen LogP contribution is -2.03. The number of fused-ring (bicyclic) bond motifs is 3. The number of nitrogens with two attached hydrogens (primary N) is 1. The summed E-state index contributed by atoms with van der Waals surface area (Å²) < 4.78 is 0. The number of hydrogen-bond acceptors (Lipinski definition) is 3. The second-order valence-electron chi connectivity index (χ2n) is 4.54. The standard InChI is InChI=1S/C14H10N4O.BrH/c15-14-17-11-5-8-10(6-12(11)18-14)16-9-4-2-1-3-7(9)13(8)19;/h1-6H,(H,16,19)(H3,15,17,18);1H. The van der Waals surface area contributed by atoms with Crippen molar-refractivity contribution in [3.63, 3.8) is 0 Å². The minimum atomic E-state index is 0. The molecule has 0 aliphatic heterocycles. The third kappa shape index (κ3) is 1.69. The van der Waals surface area contributed by atoms with Crippen LogP contribution in [-0.2, 0) is 0 Å². The van der Waals surface area contributed by atoms with Crippen molar-refractivity contribution in [1.82, 2.24) is 15.0 Å². The van der Waals surface area contributed by atoms with Crippen LogP contribution in [0.25, 0.3) is 32.8 Å². The Kier molecular flexibility index (Phi) is 2.76. The van der Waals surface area contributed by atoms with E-state index in [-0.39, 0.29) is 22.4 Å². The Morgan fingerprint density at radius 3 is 2.60 bits per heavy atom. The van der Waals surface area contributed by atoms with E-state index in [1.807, 2.05) is 30.3 Å². The molecule has 6 heteroatoms. The predicted octanol–water partition coefficient (Wildman–Crippen LogP) is 2.72. The van der Waals surface area contributed by atoms with Crippen LogP contribution in [0.3, 0.4) is 0 Å². The highest BCUT2D eigenvalue weighted by Crippen LogP contribution is 2.20. The fraction of sp³-hybridized carbons (Fsp3) is 0. The van der Waals surface area contributed by atoms with Gasteiger partial charge in [0, 0.05) is 16.3 Å². The number of benzene rings is 2. The molecule has 5 nitrogen and oxygen atoms in total. The normalized spacial score (nSPS) is 11.0. The lowest BCUT2D eigenvalue weighted by molar-refractivity contribution is 1.35. The number of imidazole rings is 1. The first kappa shape index (κ1) is 12.7. The highest BCUT2D eigenvalue weighted by Gasteiger charge is 2.08. The van der Waals surface area contributed by atoms with Crippen LogP contribution in [0.5, 0.6) is 0 Å². The molecule has 4 aromatic rings. The van der Waals surface area contributed by atoms with Gasteiger partial charge in [-0.3, -0.25) is 4.79 Å². The van der Waals surface area contributed by atoms with Crippen molar-refractivity contribution in [2.24, 2.45) is 0 Å². The Balaban J connectivity index is 0.00000121. The highest BCUT2D eigenvalue weighted by molar-refractivity contribution is 8.93. The number of nitrogen functional groups attached to an aromatic ring is 1. The smallest absolute Gasteiger partial charge is 0.198 e. The molecule has 0 saturated heterocycles. The van der Waals surface area contributed by atoms with E-state index in [9.17, 15) is 4.79 Å². The quantitative estimate of drug-likeness (QED) is 0.433. The second-order valence-corrected chi connectivity index (χ2v) is 4.54. The van der Waals surface area contributed by atoms with Crippen LogP contribution >= 0.6 is 17.0 Å². The molecule has 0 bridgehead atoms. The summed E-state index contributed by atoms with van der Waals surface area (Å²) in [5, 5.41) is 1.32. The van der Waals surface area contributed by atoms with Crippen LogP contribution < -0.4 is 11.2 Å². The zero-order chi connectivity index (χ0) is 13.0. The highest BCUT2D eigenvalue weighted by atomic mass is 79.9. The molecule has 2 aromatic carbocycles. The Bertz CT molecular complexity index is 1000. The van der Waals surface area contributed by atoms with Gasteiger partial charge >= 0.3 is 0 Å². The maximum Gasteiger partial charge on any atom is 0.198 e. The third-order valence-electron chi connectivity index (χ3n) is 3.33. The first-order valence-electron chi connectivity index (χ1n) is 5.92. The van der Waals surface area contributed by atoms with Gasteiger partial charge in [0.25, 0.3) is 0 Å². The van der Waals surface area contributed by atoms with Gasteiger partial charge in [0.1, 0.15) is 0 Å². The molecule has 20 heavy (non-hydrogen) atoms. The van der Waals surface area contributed by atoms with E-state index >= 15 is 0 Å². The van der Waals surface area contributed by atoms with Crippen LogP contribution in [0.2, 0.25) is 0 Å². The first-order chi connectivity index (χ1) is 9.22. The van der Waals surface area contributed by atoms with Gasteiger partial charge in [-0.25, -0.2) is 4.98 Å². The number of halogens is 1. The van der Waals surface area contributed by atoms with Crippen LogP contribution in [0, 0.1) is 0 Å². The summed E-state index contributed by atoms with van der Waals surface area (Å²) >= 11 is 0. The lowest BCUT2D eigenvalue weighted by Gasteiger charge is -2.02. The Morgan fingerprint density at radius 1 is 0.950 bits per heavy atom. The van der Waals surface area contributed by atoms with E-state index < -0.39 is 0 Å². The van der Waals surface area contributed by atoms with Crippen LogP contribution in [0.15, 0.2) is 41.2 Å². The van der Waals surface area contributed by atoms with E-state index in [4.69, 9.17) is 5.73 Å². The van der Waals surface area contributed by atoms with Crippen molar-refractivity contribution < 1.29 is 0 Å². The summed E-state index contributed by atoms with van der Waals surface area (Å²) in [7, 11) is 0. The van der Waals surface area contributed by atoms with Crippen molar-refractivity contribution >= 4 is 55.8 Å². The summed E-state index contributed by atoms with van der Waals surface area (Å²) in [5.74, 6) is 0.349. The van der Waals surface area contributed by atoms with Gasteiger partial charge in [-0.05, 0) is 24.3 Å². The van der Waals surface area contributed by atoms with E-state index in [1.54, 1.807) is 6.07 Å². The number of hydrogen-bond donors (Lipinski definition) is 3. The number of rotatable bonds is 0. The molecular formula is C14H11BrN4O. The molecule has 4 rings (SSSR count). The molecular weight excluding hydrogens is 320 g/mol. The van der Waals surface area contributed by atoms with Gasteiger partial charge in [0.05, 0.1) is 16.6 Å². The summed E-state index contributed by atoms with van der Waals surface area (Å²) in [6, 6.07) is 11.1.